The van der Waals surface area contributed by atoms with Crippen molar-refractivity contribution in [3.05, 3.63) is 23.3 Å². The third-order valence-corrected chi connectivity index (χ3v) is 7.14. The van der Waals surface area contributed by atoms with Gasteiger partial charge in [0.05, 0.1) is 20.8 Å². The van der Waals surface area contributed by atoms with Crippen LogP contribution in [-0.4, -0.2) is 80.6 Å². The molecular formula is C24H39Cl2N3O3. The van der Waals surface area contributed by atoms with Crippen molar-refractivity contribution in [1.82, 2.24) is 14.7 Å². The maximum absolute atomic E-state index is 13.0. The van der Waals surface area contributed by atoms with E-state index in [9.17, 15) is 4.79 Å². The highest BCUT2D eigenvalue weighted by molar-refractivity contribution is 5.85. The number of fused-ring (bicyclic) bond motifs is 1. The van der Waals surface area contributed by atoms with Crippen molar-refractivity contribution in [3.8, 4) is 11.5 Å². The quantitative estimate of drug-likeness (QED) is 0.612. The summed E-state index contributed by atoms with van der Waals surface area (Å²) in [6.45, 7) is 7.46. The van der Waals surface area contributed by atoms with Crippen molar-refractivity contribution in [2.45, 2.75) is 45.1 Å². The number of amides is 1. The Hall–Kier alpha value is -1.21. The largest absolute Gasteiger partial charge is 0.493 e. The van der Waals surface area contributed by atoms with Crippen LogP contribution < -0.4 is 9.47 Å². The Morgan fingerprint density at radius 1 is 0.875 bits per heavy atom. The Kier molecular flexibility index (Phi) is 10.9. The molecule has 1 aliphatic carbocycles. The second kappa shape index (κ2) is 12.9. The zero-order valence-electron chi connectivity index (χ0n) is 19.5. The first-order valence-corrected chi connectivity index (χ1v) is 11.6. The minimum absolute atomic E-state index is 0. The van der Waals surface area contributed by atoms with Crippen molar-refractivity contribution >= 4 is 30.7 Å². The standard InChI is InChI=1S/C24H37N3O3.2ClH/c1-29-22-14-20-8-9-27(17-21(20)15-23(22)30-2)24(28)18-26-12-10-25(11-13-26)16-19-6-4-3-5-7-19;;/h14-15,19H,3-13,16-18H2,1-2H3;2*1H. The van der Waals surface area contributed by atoms with Gasteiger partial charge in [-0.3, -0.25) is 9.69 Å². The number of methoxy groups -OCH3 is 2. The predicted molar refractivity (Wildman–Crippen MR) is 133 cm³/mol. The Balaban J connectivity index is 0.00000181. The van der Waals surface area contributed by atoms with Gasteiger partial charge in [-0.1, -0.05) is 19.3 Å². The van der Waals surface area contributed by atoms with E-state index < -0.39 is 0 Å². The molecule has 0 bridgehead atoms. The summed E-state index contributed by atoms with van der Waals surface area (Å²) in [5.74, 6) is 2.65. The third kappa shape index (κ3) is 6.66. The zero-order valence-corrected chi connectivity index (χ0v) is 21.1. The summed E-state index contributed by atoms with van der Waals surface area (Å²) < 4.78 is 10.9. The molecule has 6 nitrogen and oxygen atoms in total. The van der Waals surface area contributed by atoms with Gasteiger partial charge in [0.1, 0.15) is 0 Å². The highest BCUT2D eigenvalue weighted by Crippen LogP contribution is 2.33. The van der Waals surface area contributed by atoms with E-state index in [1.165, 1.54) is 49.8 Å². The fraction of sp³-hybridized carbons (Fsp3) is 0.708. The molecule has 0 N–H and O–H groups in total. The number of halogens is 2. The monoisotopic (exact) mass is 487 g/mol. The van der Waals surface area contributed by atoms with Gasteiger partial charge in [-0.05, 0) is 48.4 Å². The molecule has 1 saturated heterocycles. The molecule has 182 valence electrons. The smallest absolute Gasteiger partial charge is 0.237 e. The second-order valence-electron chi connectivity index (χ2n) is 9.12. The molecule has 0 aromatic heterocycles. The van der Waals surface area contributed by atoms with Gasteiger partial charge in [-0.15, -0.1) is 24.8 Å². The lowest BCUT2D eigenvalue weighted by molar-refractivity contribution is -0.133. The van der Waals surface area contributed by atoms with E-state index in [1.54, 1.807) is 14.2 Å². The molecule has 32 heavy (non-hydrogen) atoms. The SMILES string of the molecule is COc1cc2c(cc1OC)CN(C(=O)CN1CCN(CC3CCCCC3)CC1)CC2.Cl.Cl. The van der Waals surface area contributed by atoms with Gasteiger partial charge in [-0.25, -0.2) is 0 Å². The van der Waals surface area contributed by atoms with Gasteiger partial charge in [0.25, 0.3) is 0 Å². The normalized spacial score (nSPS) is 20.0. The molecule has 2 heterocycles. The van der Waals surface area contributed by atoms with Gasteiger partial charge >= 0.3 is 0 Å². The maximum Gasteiger partial charge on any atom is 0.237 e. The van der Waals surface area contributed by atoms with E-state index in [0.717, 1.165) is 56.6 Å². The first-order chi connectivity index (χ1) is 14.7. The van der Waals surface area contributed by atoms with E-state index >= 15 is 0 Å². The fourth-order valence-corrected chi connectivity index (χ4v) is 5.25. The predicted octanol–water partition coefficient (Wildman–Crippen LogP) is 3.63. The topological polar surface area (TPSA) is 45.3 Å². The summed E-state index contributed by atoms with van der Waals surface area (Å²) in [5, 5.41) is 0. The highest BCUT2D eigenvalue weighted by Gasteiger charge is 2.26. The summed E-state index contributed by atoms with van der Waals surface area (Å²) in [7, 11) is 3.32. The van der Waals surface area contributed by atoms with Gasteiger partial charge in [-0.2, -0.15) is 0 Å². The molecule has 1 aromatic rings. The Bertz CT molecular complexity index is 735. The van der Waals surface area contributed by atoms with Crippen molar-refractivity contribution in [1.29, 1.82) is 0 Å². The van der Waals surface area contributed by atoms with Crippen LogP contribution >= 0.6 is 24.8 Å². The molecule has 0 atom stereocenters. The number of carbonyl (C=O) groups excluding carboxylic acids is 1. The average Bonchev–Trinajstić information content (AvgIpc) is 2.79. The van der Waals surface area contributed by atoms with E-state index in [2.05, 4.69) is 15.9 Å². The number of ether oxygens (including phenoxy) is 2. The van der Waals surface area contributed by atoms with Crippen LogP contribution in [0.4, 0.5) is 0 Å². The molecule has 1 saturated carbocycles. The first-order valence-electron chi connectivity index (χ1n) is 11.6. The molecule has 3 aliphatic rings. The number of rotatable bonds is 6. The zero-order chi connectivity index (χ0) is 20.9. The van der Waals surface area contributed by atoms with Crippen LogP contribution in [0.25, 0.3) is 0 Å². The molecule has 0 radical (unpaired) electrons. The van der Waals surface area contributed by atoms with Crippen LogP contribution in [0.2, 0.25) is 0 Å². The Morgan fingerprint density at radius 2 is 1.47 bits per heavy atom. The van der Waals surface area contributed by atoms with Crippen LogP contribution in [0.5, 0.6) is 11.5 Å². The summed E-state index contributed by atoms with van der Waals surface area (Å²) in [6, 6.07) is 4.08. The average molecular weight is 489 g/mol. The van der Waals surface area contributed by atoms with Crippen molar-refractivity contribution < 1.29 is 14.3 Å². The van der Waals surface area contributed by atoms with Gasteiger partial charge < -0.3 is 19.3 Å². The molecular weight excluding hydrogens is 449 g/mol. The number of nitrogens with zero attached hydrogens (tertiary/aromatic N) is 3. The molecule has 2 aliphatic heterocycles. The van der Waals surface area contributed by atoms with Crippen LogP contribution in [0.15, 0.2) is 12.1 Å². The van der Waals surface area contributed by atoms with Crippen LogP contribution in [0.3, 0.4) is 0 Å². The van der Waals surface area contributed by atoms with Crippen molar-refractivity contribution in [2.24, 2.45) is 5.92 Å². The third-order valence-electron chi connectivity index (χ3n) is 7.14. The lowest BCUT2D eigenvalue weighted by Gasteiger charge is -2.38. The minimum atomic E-state index is 0. The number of hydrogen-bond acceptors (Lipinski definition) is 5. The summed E-state index contributed by atoms with van der Waals surface area (Å²) in [6.07, 6.45) is 7.94. The van der Waals surface area contributed by atoms with Crippen molar-refractivity contribution in [3.63, 3.8) is 0 Å². The molecule has 1 aromatic carbocycles. The molecule has 4 rings (SSSR count). The number of piperazine rings is 1. The molecule has 0 spiro atoms. The number of carbonyl (C=O) groups is 1. The number of benzene rings is 1. The number of hydrogen-bond donors (Lipinski definition) is 0. The van der Waals surface area contributed by atoms with E-state index in [0.29, 0.717) is 13.1 Å². The molecule has 0 unspecified atom stereocenters. The van der Waals surface area contributed by atoms with Crippen LogP contribution in [0.1, 0.15) is 43.2 Å². The minimum Gasteiger partial charge on any atom is -0.493 e. The van der Waals surface area contributed by atoms with Crippen molar-refractivity contribution in [2.75, 3.05) is 60.0 Å². The van der Waals surface area contributed by atoms with Gasteiger partial charge in [0.15, 0.2) is 11.5 Å². The van der Waals surface area contributed by atoms with Gasteiger partial charge in [0.2, 0.25) is 5.91 Å². The van der Waals surface area contributed by atoms with E-state index in [4.69, 9.17) is 9.47 Å². The fourth-order valence-electron chi connectivity index (χ4n) is 5.25. The van der Waals surface area contributed by atoms with Crippen LogP contribution in [-0.2, 0) is 17.8 Å². The summed E-state index contributed by atoms with van der Waals surface area (Å²) in [5.41, 5.74) is 2.43. The molecule has 2 fully saturated rings. The van der Waals surface area contributed by atoms with E-state index in [1.807, 2.05) is 11.0 Å². The summed E-state index contributed by atoms with van der Waals surface area (Å²) in [4.78, 5) is 19.9. The molecule has 1 amide bonds. The lowest BCUT2D eigenvalue weighted by Crippen LogP contribution is -2.51. The Labute approximate surface area is 205 Å². The second-order valence-corrected chi connectivity index (χ2v) is 9.12. The van der Waals surface area contributed by atoms with Gasteiger partial charge in [0, 0.05) is 45.8 Å². The maximum atomic E-state index is 13.0. The molecule has 8 heteroatoms. The van der Waals surface area contributed by atoms with Crippen LogP contribution in [0, 0.1) is 5.92 Å². The highest BCUT2D eigenvalue weighted by atomic mass is 35.5. The van der Waals surface area contributed by atoms with E-state index in [-0.39, 0.29) is 30.7 Å². The lowest BCUT2D eigenvalue weighted by atomic mass is 9.89. The summed E-state index contributed by atoms with van der Waals surface area (Å²) >= 11 is 0. The Morgan fingerprint density at radius 3 is 2.09 bits per heavy atom. The first kappa shape index (κ1) is 27.0.